The molecule has 1 unspecified atom stereocenters. The summed E-state index contributed by atoms with van der Waals surface area (Å²) in [6, 6.07) is 16.5. The number of aliphatic hydroxyl groups is 1. The first-order valence-electron chi connectivity index (χ1n) is 10.2. The van der Waals surface area contributed by atoms with Gasteiger partial charge in [0.2, 0.25) is 0 Å². The Bertz CT molecular complexity index is 722. The van der Waals surface area contributed by atoms with Gasteiger partial charge in [0, 0.05) is 5.41 Å². The molecule has 2 aromatic rings. The SMILES string of the molecule is CC(C)Oc1ccc(C(C)(C)c2ccc(OCC(O)CC(C)(C)C)cc2)cc1. The maximum Gasteiger partial charge on any atom is 0.119 e. The van der Waals surface area contributed by atoms with E-state index in [0.717, 1.165) is 11.5 Å². The number of ether oxygens (including phenoxy) is 2. The molecular weight excluding hydrogens is 348 g/mol. The molecular formula is C25H36O3. The monoisotopic (exact) mass is 384 g/mol. The largest absolute Gasteiger partial charge is 0.491 e. The van der Waals surface area contributed by atoms with Crippen molar-refractivity contribution in [2.24, 2.45) is 5.41 Å². The fourth-order valence-corrected chi connectivity index (χ4v) is 3.32. The van der Waals surface area contributed by atoms with Crippen molar-refractivity contribution >= 4 is 0 Å². The van der Waals surface area contributed by atoms with Crippen LogP contribution in [0.5, 0.6) is 11.5 Å². The average Bonchev–Trinajstić information content (AvgIpc) is 2.59. The van der Waals surface area contributed by atoms with Gasteiger partial charge in [-0.1, -0.05) is 58.9 Å². The van der Waals surface area contributed by atoms with Crippen LogP contribution in [0.15, 0.2) is 48.5 Å². The van der Waals surface area contributed by atoms with E-state index in [2.05, 4.69) is 58.9 Å². The van der Waals surface area contributed by atoms with Crippen molar-refractivity contribution in [3.8, 4) is 11.5 Å². The predicted molar refractivity (Wildman–Crippen MR) is 116 cm³/mol. The van der Waals surface area contributed by atoms with Gasteiger partial charge >= 0.3 is 0 Å². The van der Waals surface area contributed by atoms with E-state index in [-0.39, 0.29) is 16.9 Å². The summed E-state index contributed by atoms with van der Waals surface area (Å²) in [6.07, 6.45) is 0.435. The van der Waals surface area contributed by atoms with Gasteiger partial charge < -0.3 is 14.6 Å². The molecule has 2 rings (SSSR count). The van der Waals surface area contributed by atoms with E-state index < -0.39 is 6.10 Å². The predicted octanol–water partition coefficient (Wildman–Crippen LogP) is 5.98. The minimum Gasteiger partial charge on any atom is -0.491 e. The Labute approximate surface area is 170 Å². The standard InChI is InChI=1S/C25H36O3/c1-18(2)28-23-14-10-20(11-15-23)25(6,7)19-8-12-22(13-9-19)27-17-21(26)16-24(3,4)5/h8-15,18,21,26H,16-17H2,1-7H3. The van der Waals surface area contributed by atoms with Crippen LogP contribution < -0.4 is 9.47 Å². The molecule has 0 spiro atoms. The zero-order chi connectivity index (χ0) is 20.9. The second-order valence-corrected chi connectivity index (χ2v) is 9.57. The maximum atomic E-state index is 10.1. The Morgan fingerprint density at radius 3 is 1.68 bits per heavy atom. The van der Waals surface area contributed by atoms with Gasteiger partial charge in [0.15, 0.2) is 0 Å². The van der Waals surface area contributed by atoms with Gasteiger partial charge in [-0.25, -0.2) is 0 Å². The van der Waals surface area contributed by atoms with Gasteiger partial charge in [-0.2, -0.15) is 0 Å². The lowest BCUT2D eigenvalue weighted by Gasteiger charge is -2.27. The molecule has 0 aliphatic rings. The molecule has 0 aromatic heterocycles. The molecule has 0 bridgehead atoms. The van der Waals surface area contributed by atoms with Crippen molar-refractivity contribution in [3.63, 3.8) is 0 Å². The third kappa shape index (κ3) is 6.56. The first-order valence-corrected chi connectivity index (χ1v) is 10.2. The minimum atomic E-state index is -0.456. The van der Waals surface area contributed by atoms with E-state index in [1.807, 2.05) is 38.1 Å². The van der Waals surface area contributed by atoms with E-state index in [4.69, 9.17) is 9.47 Å². The van der Waals surface area contributed by atoms with E-state index >= 15 is 0 Å². The van der Waals surface area contributed by atoms with Crippen LogP contribution in [0.2, 0.25) is 0 Å². The molecule has 28 heavy (non-hydrogen) atoms. The summed E-state index contributed by atoms with van der Waals surface area (Å²) >= 11 is 0. The molecule has 3 nitrogen and oxygen atoms in total. The third-order valence-corrected chi connectivity index (χ3v) is 4.81. The second kappa shape index (κ2) is 9.00. The fraction of sp³-hybridized carbons (Fsp3) is 0.520. The zero-order valence-electron chi connectivity index (χ0n) is 18.5. The molecule has 0 aliphatic heterocycles. The number of rotatable bonds is 8. The maximum absolute atomic E-state index is 10.1. The molecule has 3 heteroatoms. The summed E-state index contributed by atoms with van der Waals surface area (Å²) in [5, 5.41) is 10.1. The Morgan fingerprint density at radius 2 is 1.25 bits per heavy atom. The lowest BCUT2D eigenvalue weighted by Crippen LogP contribution is -2.24. The van der Waals surface area contributed by atoms with Crippen LogP contribution >= 0.6 is 0 Å². The van der Waals surface area contributed by atoms with Crippen LogP contribution in [0.1, 0.15) is 66.0 Å². The molecule has 0 saturated heterocycles. The first-order chi connectivity index (χ1) is 13.0. The molecule has 0 saturated carbocycles. The van der Waals surface area contributed by atoms with Gasteiger partial charge in [0.05, 0.1) is 12.2 Å². The summed E-state index contributed by atoms with van der Waals surface area (Å²) < 4.78 is 11.5. The molecule has 2 aromatic carbocycles. The summed E-state index contributed by atoms with van der Waals surface area (Å²) in [4.78, 5) is 0. The topological polar surface area (TPSA) is 38.7 Å². The highest BCUT2D eigenvalue weighted by Crippen LogP contribution is 2.33. The molecule has 1 atom stereocenters. The van der Waals surface area contributed by atoms with Crippen molar-refractivity contribution in [3.05, 3.63) is 59.7 Å². The highest BCUT2D eigenvalue weighted by molar-refractivity contribution is 5.41. The van der Waals surface area contributed by atoms with Gasteiger partial charge in [0.25, 0.3) is 0 Å². The van der Waals surface area contributed by atoms with Gasteiger partial charge in [0.1, 0.15) is 18.1 Å². The third-order valence-electron chi connectivity index (χ3n) is 4.81. The van der Waals surface area contributed by atoms with Crippen LogP contribution in [0.4, 0.5) is 0 Å². The number of hydrogen-bond donors (Lipinski definition) is 1. The van der Waals surface area contributed by atoms with E-state index in [1.165, 1.54) is 11.1 Å². The molecule has 0 aliphatic carbocycles. The lowest BCUT2D eigenvalue weighted by atomic mass is 9.78. The molecule has 0 amide bonds. The highest BCUT2D eigenvalue weighted by Gasteiger charge is 2.23. The van der Waals surface area contributed by atoms with Crippen LogP contribution in [0.3, 0.4) is 0 Å². The normalized spacial score (nSPS) is 13.5. The first kappa shape index (κ1) is 22.3. The summed E-state index contributed by atoms with van der Waals surface area (Å²) in [6.45, 7) is 15.2. The van der Waals surface area contributed by atoms with Crippen LogP contribution in [0, 0.1) is 5.41 Å². The van der Waals surface area contributed by atoms with Gasteiger partial charge in [-0.05, 0) is 61.1 Å². The van der Waals surface area contributed by atoms with E-state index in [1.54, 1.807) is 0 Å². The second-order valence-electron chi connectivity index (χ2n) is 9.57. The highest BCUT2D eigenvalue weighted by atomic mass is 16.5. The number of hydrogen-bond acceptors (Lipinski definition) is 3. The van der Waals surface area contributed by atoms with Crippen molar-refractivity contribution in [2.75, 3.05) is 6.61 Å². The molecule has 0 heterocycles. The fourth-order valence-electron chi connectivity index (χ4n) is 3.32. The van der Waals surface area contributed by atoms with E-state index in [9.17, 15) is 5.11 Å². The van der Waals surface area contributed by atoms with Crippen LogP contribution in [0.25, 0.3) is 0 Å². The Kier molecular flexibility index (Phi) is 7.16. The van der Waals surface area contributed by atoms with Crippen molar-refractivity contribution < 1.29 is 14.6 Å². The van der Waals surface area contributed by atoms with E-state index in [0.29, 0.717) is 13.0 Å². The lowest BCUT2D eigenvalue weighted by molar-refractivity contribution is 0.0710. The van der Waals surface area contributed by atoms with Gasteiger partial charge in [-0.3, -0.25) is 0 Å². The molecule has 1 N–H and O–H groups in total. The van der Waals surface area contributed by atoms with Crippen LogP contribution in [-0.4, -0.2) is 23.9 Å². The molecule has 0 fully saturated rings. The summed E-state index contributed by atoms with van der Waals surface area (Å²) in [5.74, 6) is 1.68. The average molecular weight is 385 g/mol. The summed E-state index contributed by atoms with van der Waals surface area (Å²) in [7, 11) is 0. The Hall–Kier alpha value is -2.00. The zero-order valence-corrected chi connectivity index (χ0v) is 18.5. The van der Waals surface area contributed by atoms with Gasteiger partial charge in [-0.15, -0.1) is 0 Å². The molecule has 0 radical (unpaired) electrons. The smallest absolute Gasteiger partial charge is 0.119 e. The Morgan fingerprint density at radius 1 is 0.786 bits per heavy atom. The van der Waals surface area contributed by atoms with Crippen molar-refractivity contribution in [1.82, 2.24) is 0 Å². The van der Waals surface area contributed by atoms with Crippen molar-refractivity contribution in [2.45, 2.75) is 72.5 Å². The van der Waals surface area contributed by atoms with Crippen molar-refractivity contribution in [1.29, 1.82) is 0 Å². The summed E-state index contributed by atoms with van der Waals surface area (Å²) in [5.41, 5.74) is 2.41. The molecule has 154 valence electrons. The minimum absolute atomic E-state index is 0.0897. The van der Waals surface area contributed by atoms with Crippen LogP contribution in [-0.2, 0) is 5.41 Å². The Balaban J connectivity index is 2.02. The number of benzene rings is 2. The number of aliphatic hydroxyl groups excluding tert-OH is 1. The quantitative estimate of drug-likeness (QED) is 0.609.